The quantitative estimate of drug-likeness (QED) is 0.780. The minimum absolute atomic E-state index is 0.134. The molecule has 128 valence electrons. The summed E-state index contributed by atoms with van der Waals surface area (Å²) in [4.78, 5) is 30.8. The van der Waals surface area contributed by atoms with Gasteiger partial charge in [0.1, 0.15) is 6.33 Å². The molecule has 5 rings (SSSR count). The number of ether oxygens (including phenoxy) is 1. The zero-order valence-corrected chi connectivity index (χ0v) is 14.0. The Morgan fingerprint density at radius 3 is 2.56 bits per heavy atom. The molecule has 1 aromatic carbocycles. The van der Waals surface area contributed by atoms with Crippen molar-refractivity contribution in [2.75, 3.05) is 4.90 Å². The number of hydrogen-bond acceptors (Lipinski definition) is 5. The van der Waals surface area contributed by atoms with Gasteiger partial charge in [0, 0.05) is 5.02 Å². The first-order chi connectivity index (χ1) is 12.1. The second-order valence-electron chi connectivity index (χ2n) is 6.73. The summed E-state index contributed by atoms with van der Waals surface area (Å²) in [5.74, 6) is -1.06. The van der Waals surface area contributed by atoms with Gasteiger partial charge in [-0.1, -0.05) is 23.7 Å². The third-order valence-electron chi connectivity index (χ3n) is 5.24. The summed E-state index contributed by atoms with van der Waals surface area (Å²) in [7, 11) is 0. The molecule has 3 saturated heterocycles. The average molecular weight is 359 g/mol. The van der Waals surface area contributed by atoms with Crippen molar-refractivity contribution in [3.8, 4) is 0 Å². The van der Waals surface area contributed by atoms with E-state index < -0.39 is 0 Å². The van der Waals surface area contributed by atoms with Gasteiger partial charge in [-0.05, 0) is 30.5 Å². The second kappa shape index (κ2) is 5.37. The topological polar surface area (TPSA) is 77.3 Å². The summed E-state index contributed by atoms with van der Waals surface area (Å²) >= 11 is 5.99. The molecule has 1 aromatic heterocycles. The van der Waals surface area contributed by atoms with Crippen molar-refractivity contribution in [1.82, 2.24) is 14.8 Å². The molecule has 2 aromatic rings. The smallest absolute Gasteiger partial charge is 0.258 e. The van der Waals surface area contributed by atoms with Crippen molar-refractivity contribution in [3.05, 3.63) is 41.2 Å². The van der Waals surface area contributed by atoms with Crippen LogP contribution in [0, 0.1) is 11.8 Å². The van der Waals surface area contributed by atoms with E-state index in [1.54, 1.807) is 10.7 Å². The van der Waals surface area contributed by atoms with Crippen LogP contribution in [0.5, 0.6) is 0 Å². The lowest BCUT2D eigenvalue weighted by molar-refractivity contribution is -0.124. The number of anilines is 1. The normalized spacial score (nSPS) is 30.4. The molecule has 2 amide bonds. The number of carbonyl (C=O) groups is 2. The van der Waals surface area contributed by atoms with Crippen molar-refractivity contribution >= 4 is 29.4 Å². The van der Waals surface area contributed by atoms with Gasteiger partial charge in [-0.3, -0.25) is 9.59 Å². The Morgan fingerprint density at radius 2 is 1.88 bits per heavy atom. The number of rotatable bonds is 3. The fourth-order valence-corrected chi connectivity index (χ4v) is 4.41. The van der Waals surface area contributed by atoms with Crippen LogP contribution in [0.4, 0.5) is 5.95 Å². The van der Waals surface area contributed by atoms with Crippen LogP contribution >= 0.6 is 11.6 Å². The van der Waals surface area contributed by atoms with Crippen LogP contribution in [-0.2, 0) is 20.9 Å². The summed E-state index contributed by atoms with van der Waals surface area (Å²) in [6.45, 7) is 0.463. The fraction of sp³-hybridized carbons (Fsp3) is 0.412. The van der Waals surface area contributed by atoms with E-state index in [2.05, 4.69) is 10.1 Å². The molecule has 0 unspecified atom stereocenters. The molecule has 2 bridgehead atoms. The number of benzene rings is 1. The minimum Gasteiger partial charge on any atom is -0.373 e. The van der Waals surface area contributed by atoms with Crippen LogP contribution in [0.3, 0.4) is 0 Å². The highest BCUT2D eigenvalue weighted by molar-refractivity contribution is 6.30. The maximum Gasteiger partial charge on any atom is 0.258 e. The second-order valence-corrected chi connectivity index (χ2v) is 7.16. The number of fused-ring (bicyclic) bond motifs is 5. The maximum absolute atomic E-state index is 12.7. The van der Waals surface area contributed by atoms with Crippen molar-refractivity contribution in [2.24, 2.45) is 11.8 Å². The highest BCUT2D eigenvalue weighted by Gasteiger charge is 2.63. The molecule has 0 saturated carbocycles. The van der Waals surface area contributed by atoms with Crippen molar-refractivity contribution in [3.63, 3.8) is 0 Å². The molecule has 0 spiro atoms. The van der Waals surface area contributed by atoms with E-state index >= 15 is 0 Å². The van der Waals surface area contributed by atoms with Gasteiger partial charge < -0.3 is 4.74 Å². The van der Waals surface area contributed by atoms with Crippen LogP contribution in [0.15, 0.2) is 30.6 Å². The molecule has 0 aliphatic carbocycles. The molecule has 4 heterocycles. The largest absolute Gasteiger partial charge is 0.373 e. The first-order valence-corrected chi connectivity index (χ1v) is 8.67. The first kappa shape index (κ1) is 15.0. The Balaban J connectivity index is 1.40. The Morgan fingerprint density at radius 1 is 1.16 bits per heavy atom. The predicted molar refractivity (Wildman–Crippen MR) is 87.9 cm³/mol. The van der Waals surface area contributed by atoms with E-state index in [1.807, 2.05) is 18.2 Å². The standard InChI is InChI=1S/C17H15ClN4O3/c18-10-3-1-2-9(6-10)7-21-8-19-17(20-21)22-15(23)13-11-4-5-12(25-11)14(13)16(22)24/h1-3,6,8,11-14H,4-5,7H2/t11-,12-,13-,14+/m1/s1. The lowest BCUT2D eigenvalue weighted by Gasteiger charge is -2.14. The van der Waals surface area contributed by atoms with Crippen LogP contribution in [-0.4, -0.2) is 38.8 Å². The molecule has 8 heteroatoms. The number of hydrogen-bond donors (Lipinski definition) is 0. The van der Waals surface area contributed by atoms with E-state index in [9.17, 15) is 9.59 Å². The molecule has 7 nitrogen and oxygen atoms in total. The molecule has 0 radical (unpaired) electrons. The average Bonchev–Trinajstić information content (AvgIpc) is 3.33. The zero-order chi connectivity index (χ0) is 17.1. The number of carbonyl (C=O) groups excluding carboxylic acids is 2. The van der Waals surface area contributed by atoms with Gasteiger partial charge in [-0.15, -0.1) is 5.10 Å². The number of nitrogens with zero attached hydrogens (tertiary/aromatic N) is 4. The molecule has 3 fully saturated rings. The Hall–Kier alpha value is -2.25. The minimum atomic E-state index is -0.369. The van der Waals surface area contributed by atoms with E-state index in [0.29, 0.717) is 11.6 Å². The van der Waals surface area contributed by atoms with Crippen molar-refractivity contribution < 1.29 is 14.3 Å². The molecule has 0 N–H and O–H groups in total. The summed E-state index contributed by atoms with van der Waals surface area (Å²) in [5.41, 5.74) is 0.964. The van der Waals surface area contributed by atoms with Gasteiger partial charge in [0.2, 0.25) is 11.8 Å². The van der Waals surface area contributed by atoms with E-state index in [4.69, 9.17) is 16.3 Å². The van der Waals surface area contributed by atoms with E-state index in [1.165, 1.54) is 6.33 Å². The number of amides is 2. The predicted octanol–water partition coefficient (Wildman–Crippen LogP) is 1.65. The Labute approximate surface area is 148 Å². The monoisotopic (exact) mass is 358 g/mol. The lowest BCUT2D eigenvalue weighted by Crippen LogP contribution is -2.35. The van der Waals surface area contributed by atoms with Gasteiger partial charge in [0.05, 0.1) is 30.6 Å². The highest BCUT2D eigenvalue weighted by Crippen LogP contribution is 2.48. The number of halogens is 1. The Kier molecular flexibility index (Phi) is 3.23. The molecule has 4 atom stereocenters. The molecular formula is C17H15ClN4O3. The Bertz CT molecular complexity index is 854. The van der Waals surface area contributed by atoms with Crippen molar-refractivity contribution in [2.45, 2.75) is 31.6 Å². The van der Waals surface area contributed by atoms with Gasteiger partial charge in [0.15, 0.2) is 0 Å². The van der Waals surface area contributed by atoms with Crippen molar-refractivity contribution in [1.29, 1.82) is 0 Å². The van der Waals surface area contributed by atoms with Crippen LogP contribution in [0.2, 0.25) is 5.02 Å². The number of imide groups is 1. The summed E-state index contributed by atoms with van der Waals surface area (Å²) in [5, 5.41) is 4.97. The number of aromatic nitrogens is 3. The molecule has 3 aliphatic rings. The van der Waals surface area contributed by atoms with Crippen LogP contribution < -0.4 is 4.90 Å². The molecular weight excluding hydrogens is 344 g/mol. The van der Waals surface area contributed by atoms with Gasteiger partial charge >= 0.3 is 0 Å². The van der Waals surface area contributed by atoms with E-state index in [-0.39, 0.29) is 41.8 Å². The highest BCUT2D eigenvalue weighted by atomic mass is 35.5. The lowest BCUT2D eigenvalue weighted by atomic mass is 9.81. The summed E-state index contributed by atoms with van der Waals surface area (Å²) < 4.78 is 7.33. The maximum atomic E-state index is 12.7. The van der Waals surface area contributed by atoms with Crippen LogP contribution in [0.1, 0.15) is 18.4 Å². The summed E-state index contributed by atoms with van der Waals surface area (Å²) in [6.07, 6.45) is 2.94. The van der Waals surface area contributed by atoms with E-state index in [0.717, 1.165) is 23.3 Å². The van der Waals surface area contributed by atoms with Gasteiger partial charge in [-0.2, -0.15) is 4.98 Å². The van der Waals surface area contributed by atoms with Crippen LogP contribution in [0.25, 0.3) is 0 Å². The first-order valence-electron chi connectivity index (χ1n) is 8.29. The van der Waals surface area contributed by atoms with Gasteiger partial charge in [0.25, 0.3) is 5.95 Å². The van der Waals surface area contributed by atoms with Gasteiger partial charge in [-0.25, -0.2) is 9.58 Å². The molecule has 25 heavy (non-hydrogen) atoms. The third-order valence-corrected chi connectivity index (χ3v) is 5.48. The molecule has 3 aliphatic heterocycles. The SMILES string of the molecule is O=C1[C@@H]2[C@H](C(=O)N1c1ncn(Cc3cccc(Cl)c3)n1)[C@H]1CC[C@H]2O1. The summed E-state index contributed by atoms with van der Waals surface area (Å²) in [6, 6.07) is 7.43. The third kappa shape index (κ3) is 2.22. The fourth-order valence-electron chi connectivity index (χ4n) is 4.19. The zero-order valence-electron chi connectivity index (χ0n) is 13.2.